The SMILES string of the molecule is COc1cccc(-c2cnc3c(F)cccc3c2Cl)c1. The van der Waals surface area contributed by atoms with Gasteiger partial charge in [0.05, 0.1) is 12.1 Å². The van der Waals surface area contributed by atoms with Crippen LogP contribution in [0.25, 0.3) is 22.0 Å². The van der Waals surface area contributed by atoms with Crippen LogP contribution in [0.4, 0.5) is 4.39 Å². The van der Waals surface area contributed by atoms with Crippen LogP contribution in [0.2, 0.25) is 5.02 Å². The summed E-state index contributed by atoms with van der Waals surface area (Å²) in [5.74, 6) is 0.361. The first-order valence-corrected chi connectivity index (χ1v) is 6.45. The number of aromatic nitrogens is 1. The van der Waals surface area contributed by atoms with Crippen molar-refractivity contribution >= 4 is 22.5 Å². The molecule has 0 atom stereocenters. The van der Waals surface area contributed by atoms with Crippen molar-refractivity contribution in [2.75, 3.05) is 7.11 Å². The molecular formula is C16H11ClFNO. The van der Waals surface area contributed by atoms with Crippen molar-refractivity contribution in [3.63, 3.8) is 0 Å². The van der Waals surface area contributed by atoms with E-state index in [2.05, 4.69) is 4.98 Å². The third-order valence-corrected chi connectivity index (χ3v) is 3.57. The lowest BCUT2D eigenvalue weighted by molar-refractivity contribution is 0.415. The van der Waals surface area contributed by atoms with E-state index in [4.69, 9.17) is 16.3 Å². The first-order chi connectivity index (χ1) is 9.70. The molecule has 0 bridgehead atoms. The van der Waals surface area contributed by atoms with Gasteiger partial charge in [0.25, 0.3) is 0 Å². The minimum absolute atomic E-state index is 0.282. The summed E-state index contributed by atoms with van der Waals surface area (Å²) in [4.78, 5) is 4.17. The van der Waals surface area contributed by atoms with Crippen molar-refractivity contribution in [1.82, 2.24) is 4.98 Å². The zero-order valence-corrected chi connectivity index (χ0v) is 11.5. The average molecular weight is 288 g/mol. The standard InChI is InChI=1S/C16H11ClFNO/c1-20-11-5-2-4-10(8-11)13-9-19-16-12(15(13)17)6-3-7-14(16)18/h2-9H,1H3. The van der Waals surface area contributed by atoms with Gasteiger partial charge in [-0.2, -0.15) is 0 Å². The van der Waals surface area contributed by atoms with E-state index >= 15 is 0 Å². The molecule has 0 unspecified atom stereocenters. The van der Waals surface area contributed by atoms with Gasteiger partial charge in [0.15, 0.2) is 0 Å². The van der Waals surface area contributed by atoms with Gasteiger partial charge in [-0.25, -0.2) is 4.39 Å². The molecule has 0 aliphatic carbocycles. The molecule has 0 fully saturated rings. The Kier molecular flexibility index (Phi) is 3.28. The zero-order chi connectivity index (χ0) is 14.1. The number of hydrogen-bond donors (Lipinski definition) is 0. The summed E-state index contributed by atoms with van der Waals surface area (Å²) in [5, 5.41) is 1.09. The van der Waals surface area contributed by atoms with Crippen molar-refractivity contribution in [2.24, 2.45) is 0 Å². The highest BCUT2D eigenvalue weighted by Gasteiger charge is 2.11. The maximum absolute atomic E-state index is 13.7. The Balaban J connectivity index is 2.24. The first kappa shape index (κ1) is 12.9. The molecule has 1 heterocycles. The second-order valence-electron chi connectivity index (χ2n) is 4.35. The quantitative estimate of drug-likeness (QED) is 0.681. The van der Waals surface area contributed by atoms with E-state index in [-0.39, 0.29) is 11.3 Å². The van der Waals surface area contributed by atoms with Crippen molar-refractivity contribution in [3.05, 3.63) is 59.5 Å². The lowest BCUT2D eigenvalue weighted by Gasteiger charge is -2.09. The molecule has 0 N–H and O–H groups in total. The predicted octanol–water partition coefficient (Wildman–Crippen LogP) is 4.70. The number of ether oxygens (including phenoxy) is 1. The summed E-state index contributed by atoms with van der Waals surface area (Å²) >= 11 is 6.40. The largest absolute Gasteiger partial charge is 0.497 e. The van der Waals surface area contributed by atoms with Gasteiger partial charge in [0.1, 0.15) is 17.1 Å². The Morgan fingerprint density at radius 1 is 1.15 bits per heavy atom. The summed E-state index contributed by atoms with van der Waals surface area (Å²) in [6, 6.07) is 12.3. The number of hydrogen-bond acceptors (Lipinski definition) is 2. The summed E-state index contributed by atoms with van der Waals surface area (Å²) in [5.41, 5.74) is 1.92. The molecule has 2 nitrogen and oxygen atoms in total. The fraction of sp³-hybridized carbons (Fsp3) is 0.0625. The highest BCUT2D eigenvalue weighted by Crippen LogP contribution is 2.34. The van der Waals surface area contributed by atoms with Crippen molar-refractivity contribution in [1.29, 1.82) is 0 Å². The zero-order valence-electron chi connectivity index (χ0n) is 10.7. The van der Waals surface area contributed by atoms with Crippen LogP contribution in [-0.4, -0.2) is 12.1 Å². The normalized spacial score (nSPS) is 10.8. The van der Waals surface area contributed by atoms with Gasteiger partial charge in [0, 0.05) is 17.1 Å². The summed E-state index contributed by atoms with van der Waals surface area (Å²) in [6.45, 7) is 0. The number of fused-ring (bicyclic) bond motifs is 1. The molecule has 1 aromatic heterocycles. The number of nitrogens with zero attached hydrogens (tertiary/aromatic N) is 1. The molecule has 0 radical (unpaired) electrons. The molecule has 0 aliphatic heterocycles. The minimum Gasteiger partial charge on any atom is -0.497 e. The molecule has 4 heteroatoms. The minimum atomic E-state index is -0.374. The molecule has 0 spiro atoms. The summed E-state index contributed by atoms with van der Waals surface area (Å²) in [6.07, 6.45) is 1.59. The van der Waals surface area contributed by atoms with Crippen molar-refractivity contribution in [3.8, 4) is 16.9 Å². The smallest absolute Gasteiger partial charge is 0.149 e. The Morgan fingerprint density at radius 3 is 2.75 bits per heavy atom. The van der Waals surface area contributed by atoms with Crippen molar-refractivity contribution < 1.29 is 9.13 Å². The van der Waals surface area contributed by atoms with Gasteiger partial charge < -0.3 is 4.74 Å². The Hall–Kier alpha value is -2.13. The lowest BCUT2D eigenvalue weighted by Crippen LogP contribution is -1.89. The Morgan fingerprint density at radius 2 is 1.95 bits per heavy atom. The van der Waals surface area contributed by atoms with Gasteiger partial charge in [-0.05, 0) is 23.8 Å². The van der Waals surface area contributed by atoms with Gasteiger partial charge in [-0.3, -0.25) is 4.98 Å². The van der Waals surface area contributed by atoms with Crippen LogP contribution in [0.1, 0.15) is 0 Å². The number of rotatable bonds is 2. The maximum Gasteiger partial charge on any atom is 0.149 e. The van der Waals surface area contributed by atoms with Crippen LogP contribution in [0.15, 0.2) is 48.7 Å². The highest BCUT2D eigenvalue weighted by molar-refractivity contribution is 6.38. The predicted molar refractivity (Wildman–Crippen MR) is 78.7 cm³/mol. The third-order valence-electron chi connectivity index (χ3n) is 3.16. The van der Waals surface area contributed by atoms with Crippen LogP contribution < -0.4 is 4.74 Å². The fourth-order valence-electron chi connectivity index (χ4n) is 2.15. The van der Waals surface area contributed by atoms with E-state index in [1.54, 1.807) is 25.4 Å². The molecule has 0 saturated carbocycles. The molecule has 3 rings (SSSR count). The van der Waals surface area contributed by atoms with Gasteiger partial charge >= 0.3 is 0 Å². The number of benzene rings is 2. The molecule has 0 amide bonds. The van der Waals surface area contributed by atoms with Gasteiger partial charge in [-0.1, -0.05) is 35.9 Å². The number of pyridine rings is 1. The molecule has 20 heavy (non-hydrogen) atoms. The number of para-hydroxylation sites is 1. The second-order valence-corrected chi connectivity index (χ2v) is 4.73. The highest BCUT2D eigenvalue weighted by atomic mass is 35.5. The number of halogens is 2. The number of methoxy groups -OCH3 is 1. The first-order valence-electron chi connectivity index (χ1n) is 6.08. The van der Waals surface area contributed by atoms with Crippen LogP contribution in [0.5, 0.6) is 5.75 Å². The third kappa shape index (κ3) is 2.10. The molecule has 2 aromatic carbocycles. The average Bonchev–Trinajstić information content (AvgIpc) is 2.48. The monoisotopic (exact) mass is 287 g/mol. The Labute approximate surface area is 120 Å². The Bertz CT molecular complexity index is 789. The maximum atomic E-state index is 13.7. The van der Waals surface area contributed by atoms with E-state index < -0.39 is 0 Å². The molecule has 3 aromatic rings. The molecule has 0 saturated heterocycles. The van der Waals surface area contributed by atoms with Crippen LogP contribution in [-0.2, 0) is 0 Å². The summed E-state index contributed by atoms with van der Waals surface area (Å²) in [7, 11) is 1.61. The summed E-state index contributed by atoms with van der Waals surface area (Å²) < 4.78 is 18.9. The van der Waals surface area contributed by atoms with Crippen molar-refractivity contribution in [2.45, 2.75) is 0 Å². The van der Waals surface area contributed by atoms with Crippen LogP contribution >= 0.6 is 11.6 Å². The van der Waals surface area contributed by atoms with Crippen LogP contribution in [0.3, 0.4) is 0 Å². The van der Waals surface area contributed by atoms with E-state index in [0.717, 1.165) is 16.9 Å². The lowest BCUT2D eigenvalue weighted by atomic mass is 10.0. The van der Waals surface area contributed by atoms with E-state index in [1.165, 1.54) is 6.07 Å². The second kappa shape index (κ2) is 5.10. The van der Waals surface area contributed by atoms with E-state index in [1.807, 2.05) is 24.3 Å². The van der Waals surface area contributed by atoms with E-state index in [0.29, 0.717) is 10.4 Å². The molecule has 100 valence electrons. The molecule has 0 aliphatic rings. The fourth-order valence-corrected chi connectivity index (χ4v) is 2.46. The van der Waals surface area contributed by atoms with Crippen LogP contribution in [0, 0.1) is 5.82 Å². The van der Waals surface area contributed by atoms with Gasteiger partial charge in [0.2, 0.25) is 0 Å². The topological polar surface area (TPSA) is 22.1 Å². The molecular weight excluding hydrogens is 277 g/mol. The van der Waals surface area contributed by atoms with E-state index in [9.17, 15) is 4.39 Å². The van der Waals surface area contributed by atoms with Gasteiger partial charge in [-0.15, -0.1) is 0 Å².